The van der Waals surface area contributed by atoms with Crippen LogP contribution in [0, 0.1) is 6.92 Å². The lowest BCUT2D eigenvalue weighted by atomic mass is 10.2. The molecule has 6 heteroatoms. The summed E-state index contributed by atoms with van der Waals surface area (Å²) in [5.74, 6) is 0.266. The highest BCUT2D eigenvalue weighted by Crippen LogP contribution is 2.26. The van der Waals surface area contributed by atoms with Crippen molar-refractivity contribution in [2.45, 2.75) is 12.1 Å². The largest absolute Gasteiger partial charge is 0.352 e. The van der Waals surface area contributed by atoms with Crippen molar-refractivity contribution in [2.24, 2.45) is 0 Å². The van der Waals surface area contributed by atoms with E-state index in [9.17, 15) is 4.79 Å². The first-order valence-corrected chi connectivity index (χ1v) is 7.79. The van der Waals surface area contributed by atoms with Gasteiger partial charge in [-0.15, -0.1) is 6.58 Å². The molecule has 0 saturated carbocycles. The quantitative estimate of drug-likeness (QED) is 0.656. The van der Waals surface area contributed by atoms with E-state index in [4.69, 9.17) is 11.6 Å². The van der Waals surface area contributed by atoms with Gasteiger partial charge in [-0.3, -0.25) is 9.36 Å². The van der Waals surface area contributed by atoms with E-state index in [0.717, 1.165) is 16.4 Å². The van der Waals surface area contributed by atoms with Gasteiger partial charge in [0.2, 0.25) is 5.91 Å². The molecule has 0 aliphatic carbocycles. The zero-order valence-electron chi connectivity index (χ0n) is 11.7. The number of aromatic nitrogens is 2. The molecule has 0 aliphatic rings. The van der Waals surface area contributed by atoms with Gasteiger partial charge < -0.3 is 5.32 Å². The number of nitrogens with zero attached hydrogens (tertiary/aromatic N) is 2. The van der Waals surface area contributed by atoms with Crippen LogP contribution >= 0.6 is 23.4 Å². The smallest absolute Gasteiger partial charge is 0.230 e. The monoisotopic (exact) mass is 321 g/mol. The van der Waals surface area contributed by atoms with E-state index < -0.39 is 0 Å². The third-order valence-electron chi connectivity index (χ3n) is 2.88. The van der Waals surface area contributed by atoms with E-state index in [1.165, 1.54) is 11.8 Å². The molecule has 1 aromatic carbocycles. The fourth-order valence-corrected chi connectivity index (χ4v) is 2.77. The molecule has 0 unspecified atom stereocenters. The Bertz CT molecular complexity index is 654. The van der Waals surface area contributed by atoms with Crippen LogP contribution in [0.2, 0.25) is 5.02 Å². The minimum atomic E-state index is -0.0442. The molecular formula is C15H16ClN3OS. The number of hydrogen-bond donors (Lipinski definition) is 1. The summed E-state index contributed by atoms with van der Waals surface area (Å²) in [5.41, 5.74) is 1.95. The van der Waals surface area contributed by atoms with E-state index in [1.54, 1.807) is 12.3 Å². The van der Waals surface area contributed by atoms with Gasteiger partial charge in [-0.25, -0.2) is 4.98 Å². The van der Waals surface area contributed by atoms with Crippen LogP contribution in [-0.4, -0.2) is 27.8 Å². The third-order valence-corrected chi connectivity index (χ3v) is 4.26. The van der Waals surface area contributed by atoms with Gasteiger partial charge >= 0.3 is 0 Å². The van der Waals surface area contributed by atoms with Gasteiger partial charge in [0, 0.05) is 24.0 Å². The minimum absolute atomic E-state index is 0.0442. The van der Waals surface area contributed by atoms with E-state index in [-0.39, 0.29) is 5.91 Å². The maximum atomic E-state index is 11.6. The summed E-state index contributed by atoms with van der Waals surface area (Å²) >= 11 is 7.54. The zero-order valence-corrected chi connectivity index (χ0v) is 13.2. The summed E-state index contributed by atoms with van der Waals surface area (Å²) in [4.78, 5) is 15.9. The number of rotatable bonds is 6. The third kappa shape index (κ3) is 3.89. The highest BCUT2D eigenvalue weighted by atomic mass is 35.5. The van der Waals surface area contributed by atoms with Crippen LogP contribution < -0.4 is 5.32 Å². The summed E-state index contributed by atoms with van der Waals surface area (Å²) in [6.07, 6.45) is 5.23. The number of benzene rings is 1. The summed E-state index contributed by atoms with van der Waals surface area (Å²) in [6.45, 7) is 6.00. The number of carbonyl (C=O) groups is 1. The summed E-state index contributed by atoms with van der Waals surface area (Å²) in [6, 6.07) is 5.73. The Morgan fingerprint density at radius 1 is 1.57 bits per heavy atom. The molecule has 21 heavy (non-hydrogen) atoms. The lowest BCUT2D eigenvalue weighted by Crippen LogP contribution is -2.25. The molecule has 0 spiro atoms. The predicted octanol–water partition coefficient (Wildman–Crippen LogP) is 3.23. The molecule has 0 atom stereocenters. The molecule has 0 fully saturated rings. The lowest BCUT2D eigenvalue weighted by Gasteiger charge is -2.11. The molecule has 2 aromatic rings. The molecule has 0 aliphatic heterocycles. The van der Waals surface area contributed by atoms with Crippen molar-refractivity contribution in [3.63, 3.8) is 0 Å². The van der Waals surface area contributed by atoms with Crippen LogP contribution in [0.15, 0.2) is 48.4 Å². The standard InChI is InChI=1S/C15H16ClN3OS/c1-3-7-17-14(20)10-21-15-18-8-9-19(15)13-6-4-5-12(16)11(13)2/h3-6,8-9H,1,7,10H2,2H3,(H,17,20). The van der Waals surface area contributed by atoms with Crippen molar-refractivity contribution >= 4 is 29.3 Å². The van der Waals surface area contributed by atoms with Gasteiger partial charge in [0.25, 0.3) is 0 Å². The second-order valence-electron chi connectivity index (χ2n) is 4.35. The molecule has 0 radical (unpaired) electrons. The first-order chi connectivity index (χ1) is 10.1. The van der Waals surface area contributed by atoms with Crippen LogP contribution in [0.5, 0.6) is 0 Å². The normalized spacial score (nSPS) is 10.4. The van der Waals surface area contributed by atoms with Crippen molar-refractivity contribution in [1.82, 2.24) is 14.9 Å². The number of thioether (sulfide) groups is 1. The Balaban J connectivity index is 2.14. The topological polar surface area (TPSA) is 46.9 Å². The Morgan fingerprint density at radius 3 is 3.14 bits per heavy atom. The molecule has 110 valence electrons. The highest BCUT2D eigenvalue weighted by Gasteiger charge is 2.11. The number of hydrogen-bond acceptors (Lipinski definition) is 3. The van der Waals surface area contributed by atoms with Crippen molar-refractivity contribution in [3.8, 4) is 5.69 Å². The first-order valence-electron chi connectivity index (χ1n) is 6.42. The van der Waals surface area contributed by atoms with Crippen molar-refractivity contribution in [2.75, 3.05) is 12.3 Å². The SMILES string of the molecule is C=CCNC(=O)CSc1nccn1-c1cccc(Cl)c1C. The summed E-state index contributed by atoms with van der Waals surface area (Å²) in [7, 11) is 0. The molecule has 1 N–H and O–H groups in total. The van der Waals surface area contributed by atoms with Crippen molar-refractivity contribution < 1.29 is 4.79 Å². The van der Waals surface area contributed by atoms with Crippen molar-refractivity contribution in [3.05, 3.63) is 53.8 Å². The zero-order chi connectivity index (χ0) is 15.2. The van der Waals surface area contributed by atoms with Crippen LogP contribution in [0.1, 0.15) is 5.56 Å². The number of halogens is 1. The average Bonchev–Trinajstić information content (AvgIpc) is 2.94. The second kappa shape index (κ2) is 7.33. The first kappa shape index (κ1) is 15.7. The number of amides is 1. The van der Waals surface area contributed by atoms with Gasteiger partial charge in [-0.05, 0) is 24.6 Å². The minimum Gasteiger partial charge on any atom is -0.352 e. The lowest BCUT2D eigenvalue weighted by molar-refractivity contribution is -0.118. The van der Waals surface area contributed by atoms with Gasteiger partial charge in [0.15, 0.2) is 5.16 Å². The molecule has 0 bridgehead atoms. The average molecular weight is 322 g/mol. The van der Waals surface area contributed by atoms with Gasteiger partial charge in [0.05, 0.1) is 11.4 Å². The Hall–Kier alpha value is -1.72. The molecule has 1 amide bonds. The summed E-state index contributed by atoms with van der Waals surface area (Å²) in [5, 5.41) is 4.21. The van der Waals surface area contributed by atoms with Gasteiger partial charge in [-0.2, -0.15) is 0 Å². The Kier molecular flexibility index (Phi) is 5.47. The van der Waals surface area contributed by atoms with E-state index >= 15 is 0 Å². The van der Waals surface area contributed by atoms with Gasteiger partial charge in [-0.1, -0.05) is 35.5 Å². The summed E-state index contributed by atoms with van der Waals surface area (Å²) < 4.78 is 1.94. The van der Waals surface area contributed by atoms with Crippen LogP contribution in [-0.2, 0) is 4.79 Å². The van der Waals surface area contributed by atoms with Crippen molar-refractivity contribution in [1.29, 1.82) is 0 Å². The fraction of sp³-hybridized carbons (Fsp3) is 0.200. The number of nitrogens with one attached hydrogen (secondary N) is 1. The molecule has 4 nitrogen and oxygen atoms in total. The van der Waals surface area contributed by atoms with Crippen LogP contribution in [0.25, 0.3) is 5.69 Å². The molecule has 0 saturated heterocycles. The van der Waals surface area contributed by atoms with Crippen LogP contribution in [0.4, 0.5) is 0 Å². The molecule has 2 rings (SSSR count). The number of imidazole rings is 1. The second-order valence-corrected chi connectivity index (χ2v) is 5.69. The molecule has 1 aromatic heterocycles. The maximum absolute atomic E-state index is 11.6. The number of carbonyl (C=O) groups excluding carboxylic acids is 1. The molecular weight excluding hydrogens is 306 g/mol. The maximum Gasteiger partial charge on any atom is 0.230 e. The Morgan fingerprint density at radius 2 is 2.38 bits per heavy atom. The van der Waals surface area contributed by atoms with E-state index in [0.29, 0.717) is 17.3 Å². The predicted molar refractivity (Wildman–Crippen MR) is 87.2 cm³/mol. The highest BCUT2D eigenvalue weighted by molar-refractivity contribution is 7.99. The Labute approximate surface area is 133 Å². The van der Waals surface area contributed by atoms with Crippen LogP contribution in [0.3, 0.4) is 0 Å². The van der Waals surface area contributed by atoms with E-state index in [1.807, 2.05) is 35.9 Å². The van der Waals surface area contributed by atoms with E-state index in [2.05, 4.69) is 16.9 Å². The molecule has 1 heterocycles. The fourth-order valence-electron chi connectivity index (χ4n) is 1.80. The van der Waals surface area contributed by atoms with Gasteiger partial charge in [0.1, 0.15) is 0 Å².